The lowest BCUT2D eigenvalue weighted by Gasteiger charge is -2.12. The van der Waals surface area contributed by atoms with Crippen LogP contribution >= 0.6 is 11.8 Å². The number of hydrogen-bond donors (Lipinski definition) is 0. The third-order valence-electron chi connectivity index (χ3n) is 5.07. The van der Waals surface area contributed by atoms with Crippen LogP contribution in [0.5, 0.6) is 11.5 Å². The van der Waals surface area contributed by atoms with E-state index < -0.39 is 26.2 Å². The van der Waals surface area contributed by atoms with Crippen LogP contribution in [0.15, 0.2) is 82.6 Å². The molecule has 1 aliphatic heterocycles. The van der Waals surface area contributed by atoms with Crippen molar-refractivity contribution in [3.63, 3.8) is 0 Å². The van der Waals surface area contributed by atoms with Gasteiger partial charge in [0.05, 0.1) is 23.5 Å². The van der Waals surface area contributed by atoms with E-state index in [1.54, 1.807) is 12.1 Å². The number of methoxy groups -OCH3 is 1. The molecule has 0 aromatic heterocycles. The molecule has 36 heavy (non-hydrogen) atoms. The molecular weight excluding hydrogens is 508 g/mol. The van der Waals surface area contributed by atoms with E-state index in [2.05, 4.69) is 0 Å². The summed E-state index contributed by atoms with van der Waals surface area (Å²) in [5, 5.41) is 10.3. The second-order valence-corrected chi connectivity index (χ2v) is 10.0. The van der Waals surface area contributed by atoms with Gasteiger partial charge in [-0.1, -0.05) is 24.3 Å². The minimum Gasteiger partial charge on any atom is -0.497 e. The number of ether oxygens (including phenoxy) is 1. The Morgan fingerprint density at radius 2 is 1.69 bits per heavy atom. The Morgan fingerprint density at radius 3 is 2.33 bits per heavy atom. The van der Waals surface area contributed by atoms with Gasteiger partial charge in [0.15, 0.2) is 0 Å². The first-order valence-corrected chi connectivity index (χ1v) is 12.6. The predicted octanol–water partition coefficient (Wildman–Crippen LogP) is 4.61. The van der Waals surface area contributed by atoms with Crippen molar-refractivity contribution < 1.29 is 31.9 Å². The van der Waals surface area contributed by atoms with Crippen LogP contribution in [0.3, 0.4) is 0 Å². The molecule has 0 bridgehead atoms. The first kappa shape index (κ1) is 24.9. The minimum absolute atomic E-state index is 0.0321. The Kier molecular flexibility index (Phi) is 7.08. The molecule has 10 nitrogen and oxygen atoms in total. The second kappa shape index (κ2) is 10.2. The highest BCUT2D eigenvalue weighted by Gasteiger charge is 2.35. The summed E-state index contributed by atoms with van der Waals surface area (Å²) in [7, 11) is -2.64. The molecule has 0 unspecified atom stereocenters. The smallest absolute Gasteiger partial charge is 0.339 e. The zero-order valence-corrected chi connectivity index (χ0v) is 20.3. The Hall–Kier alpha value is -4.16. The molecule has 0 aliphatic carbocycles. The van der Waals surface area contributed by atoms with Crippen molar-refractivity contribution >= 4 is 44.8 Å². The highest BCUT2D eigenvalue weighted by atomic mass is 32.2. The van der Waals surface area contributed by atoms with Gasteiger partial charge in [-0.2, -0.15) is 8.42 Å². The summed E-state index contributed by atoms with van der Waals surface area (Å²) in [5.41, 5.74) is 0.922. The summed E-state index contributed by atoms with van der Waals surface area (Å²) < 4.78 is 35.5. The van der Waals surface area contributed by atoms with Crippen LogP contribution in [0, 0.1) is 10.1 Å². The van der Waals surface area contributed by atoms with E-state index in [1.807, 2.05) is 0 Å². The van der Waals surface area contributed by atoms with E-state index in [0.717, 1.165) is 16.7 Å². The van der Waals surface area contributed by atoms with Crippen LogP contribution in [0.2, 0.25) is 0 Å². The average molecular weight is 527 g/mol. The van der Waals surface area contributed by atoms with Crippen molar-refractivity contribution in [2.75, 3.05) is 7.11 Å². The van der Waals surface area contributed by atoms with Gasteiger partial charge in [0.2, 0.25) is 0 Å². The summed E-state index contributed by atoms with van der Waals surface area (Å²) in [6, 6.07) is 17.4. The van der Waals surface area contributed by atoms with Gasteiger partial charge in [0.1, 0.15) is 16.4 Å². The van der Waals surface area contributed by atoms with Gasteiger partial charge in [0, 0.05) is 12.1 Å². The fraction of sp³-hybridized carbons (Fsp3) is 0.0833. The van der Waals surface area contributed by atoms with Crippen LogP contribution in [0.4, 0.5) is 10.5 Å². The molecule has 1 aliphatic rings. The quantitative estimate of drug-likeness (QED) is 0.179. The maximum Gasteiger partial charge on any atom is 0.339 e. The van der Waals surface area contributed by atoms with Gasteiger partial charge in [-0.25, -0.2) is 0 Å². The number of nitrogens with zero attached hydrogens (tertiary/aromatic N) is 2. The molecule has 0 spiro atoms. The average Bonchev–Trinajstić information content (AvgIpc) is 3.11. The molecule has 0 N–H and O–H groups in total. The number of carbonyl (C=O) groups excluding carboxylic acids is 2. The number of non-ortho nitro benzene ring substituents is 1. The molecular formula is C24H18N2O8S2. The number of nitro groups is 1. The van der Waals surface area contributed by atoms with Crippen molar-refractivity contribution in [3.8, 4) is 11.5 Å². The second-order valence-electron chi connectivity index (χ2n) is 7.48. The van der Waals surface area contributed by atoms with Crippen molar-refractivity contribution in [2.45, 2.75) is 11.4 Å². The van der Waals surface area contributed by atoms with Gasteiger partial charge in [-0.15, -0.1) is 0 Å². The maximum absolute atomic E-state index is 12.8. The van der Waals surface area contributed by atoms with Gasteiger partial charge in [-0.05, 0) is 65.4 Å². The minimum atomic E-state index is -4.11. The topological polar surface area (TPSA) is 133 Å². The van der Waals surface area contributed by atoms with E-state index in [-0.39, 0.29) is 27.8 Å². The molecule has 0 radical (unpaired) electrons. The van der Waals surface area contributed by atoms with E-state index in [9.17, 15) is 28.1 Å². The van der Waals surface area contributed by atoms with Crippen LogP contribution in [-0.2, 0) is 21.5 Å². The number of imide groups is 1. The summed E-state index contributed by atoms with van der Waals surface area (Å²) in [4.78, 5) is 36.6. The van der Waals surface area contributed by atoms with E-state index in [0.29, 0.717) is 16.9 Å². The lowest BCUT2D eigenvalue weighted by molar-refractivity contribution is -0.384. The fourth-order valence-corrected chi connectivity index (χ4v) is 5.03. The molecule has 1 heterocycles. The Balaban J connectivity index is 1.49. The molecule has 3 aromatic rings. The molecule has 12 heteroatoms. The number of nitro benzene ring substituents is 1. The van der Waals surface area contributed by atoms with Gasteiger partial charge >= 0.3 is 10.1 Å². The zero-order valence-electron chi connectivity index (χ0n) is 18.7. The summed E-state index contributed by atoms with van der Waals surface area (Å²) >= 11 is 0.743. The largest absolute Gasteiger partial charge is 0.497 e. The van der Waals surface area contributed by atoms with Crippen molar-refractivity contribution in [1.29, 1.82) is 0 Å². The third kappa shape index (κ3) is 5.56. The van der Waals surface area contributed by atoms with Crippen LogP contribution in [-0.4, -0.2) is 36.5 Å². The third-order valence-corrected chi connectivity index (χ3v) is 7.24. The molecule has 1 fully saturated rings. The van der Waals surface area contributed by atoms with Crippen molar-refractivity contribution in [3.05, 3.63) is 98.9 Å². The molecule has 0 saturated carbocycles. The van der Waals surface area contributed by atoms with Crippen molar-refractivity contribution in [2.24, 2.45) is 0 Å². The van der Waals surface area contributed by atoms with E-state index in [4.69, 9.17) is 8.92 Å². The fourth-order valence-electron chi connectivity index (χ4n) is 3.27. The standard InChI is InChI=1S/C24H18N2O8S2/c1-33-19-9-11-21(12-10-19)36(31,32)34-20-4-2-3-17(13-20)14-22-23(27)25(24(28)35-22)15-16-5-7-18(8-6-16)26(29)30/h2-14H,15H2,1H3/b22-14-. The van der Waals surface area contributed by atoms with E-state index >= 15 is 0 Å². The number of benzene rings is 3. The van der Waals surface area contributed by atoms with Crippen LogP contribution in [0.1, 0.15) is 11.1 Å². The Bertz CT molecular complexity index is 1470. The summed E-state index contributed by atoms with van der Waals surface area (Å²) in [6.07, 6.45) is 1.47. The van der Waals surface area contributed by atoms with Gasteiger partial charge in [-0.3, -0.25) is 24.6 Å². The number of hydrogen-bond acceptors (Lipinski definition) is 9. The first-order valence-electron chi connectivity index (χ1n) is 10.3. The number of amides is 2. The van der Waals surface area contributed by atoms with Crippen LogP contribution in [0.25, 0.3) is 6.08 Å². The lowest BCUT2D eigenvalue weighted by Crippen LogP contribution is -2.27. The highest BCUT2D eigenvalue weighted by Crippen LogP contribution is 2.34. The van der Waals surface area contributed by atoms with E-state index in [1.165, 1.54) is 73.8 Å². The first-order chi connectivity index (χ1) is 17.2. The van der Waals surface area contributed by atoms with Crippen molar-refractivity contribution in [1.82, 2.24) is 4.90 Å². The number of thioether (sulfide) groups is 1. The predicted molar refractivity (Wildman–Crippen MR) is 132 cm³/mol. The number of carbonyl (C=O) groups is 2. The van der Waals surface area contributed by atoms with Crippen LogP contribution < -0.4 is 8.92 Å². The molecule has 184 valence electrons. The molecule has 3 aromatic carbocycles. The number of rotatable bonds is 8. The van der Waals surface area contributed by atoms with Gasteiger partial charge in [0.25, 0.3) is 16.8 Å². The summed E-state index contributed by atoms with van der Waals surface area (Å²) in [5.74, 6) is 0.00340. The normalized spacial score (nSPS) is 14.8. The maximum atomic E-state index is 12.8. The molecule has 2 amide bonds. The lowest BCUT2D eigenvalue weighted by atomic mass is 10.2. The van der Waals surface area contributed by atoms with Gasteiger partial charge < -0.3 is 8.92 Å². The highest BCUT2D eigenvalue weighted by molar-refractivity contribution is 8.18. The molecule has 0 atom stereocenters. The SMILES string of the molecule is COc1ccc(S(=O)(=O)Oc2cccc(/C=C3\SC(=O)N(Cc4ccc([N+](=O)[O-])cc4)C3=O)c2)cc1. The summed E-state index contributed by atoms with van der Waals surface area (Å²) in [6.45, 7) is -0.0384. The Morgan fingerprint density at radius 1 is 1.00 bits per heavy atom. The monoisotopic (exact) mass is 526 g/mol. The molecule has 4 rings (SSSR count). The Labute approximate surface area is 210 Å². The zero-order chi connectivity index (χ0) is 25.9. The molecule has 1 saturated heterocycles.